The highest BCUT2D eigenvalue weighted by molar-refractivity contribution is 7.89. The van der Waals surface area contributed by atoms with Gasteiger partial charge in [0.15, 0.2) is 0 Å². The normalized spacial score (nSPS) is 16.9. The van der Waals surface area contributed by atoms with E-state index in [1.165, 1.54) is 10.4 Å². The summed E-state index contributed by atoms with van der Waals surface area (Å²) >= 11 is 0. The second-order valence-corrected chi connectivity index (χ2v) is 11.5. The van der Waals surface area contributed by atoms with Crippen LogP contribution in [0.1, 0.15) is 34.3 Å². The third-order valence-electron chi connectivity index (χ3n) is 7.08. The summed E-state index contributed by atoms with van der Waals surface area (Å²) in [5, 5.41) is 12.3. The van der Waals surface area contributed by atoms with Gasteiger partial charge in [0.25, 0.3) is 5.91 Å². The predicted molar refractivity (Wildman–Crippen MR) is 138 cm³/mol. The number of carbonyl (C=O) groups excluding carboxylic acids is 1. The Balaban J connectivity index is 1.21. The van der Waals surface area contributed by atoms with Crippen molar-refractivity contribution >= 4 is 21.7 Å². The van der Waals surface area contributed by atoms with Gasteiger partial charge < -0.3 is 15.3 Å². The van der Waals surface area contributed by atoms with E-state index < -0.39 is 21.8 Å². The summed E-state index contributed by atoms with van der Waals surface area (Å²) in [7, 11) is -3.73. The Kier molecular flexibility index (Phi) is 7.36. The molecule has 3 heterocycles. The van der Waals surface area contributed by atoms with Gasteiger partial charge in [-0.25, -0.2) is 13.4 Å². The average molecular weight is 561 g/mol. The molecule has 5 rings (SSSR count). The number of hydrogen-bond acceptors (Lipinski definition) is 6. The molecule has 0 aliphatic carbocycles. The molecular weight excluding hydrogens is 533 g/mol. The molecule has 2 N–H and O–H groups in total. The Morgan fingerprint density at radius 3 is 2.31 bits per heavy atom. The number of alkyl halides is 3. The molecule has 0 spiro atoms. The second-order valence-electron chi connectivity index (χ2n) is 9.60. The van der Waals surface area contributed by atoms with Crippen LogP contribution in [0, 0.1) is 0 Å². The van der Waals surface area contributed by atoms with Crippen molar-refractivity contribution in [2.24, 2.45) is 0 Å². The van der Waals surface area contributed by atoms with Crippen molar-refractivity contribution in [1.82, 2.24) is 14.2 Å². The van der Waals surface area contributed by atoms with Gasteiger partial charge in [0.05, 0.1) is 17.1 Å². The number of sulfonamides is 1. The molecule has 2 aliphatic rings. The number of piperidine rings is 1. The standard InChI is InChI=1S/C27H27F3N4O4S/c28-27(29,30)21-5-8-25(31-16-21)32-22-9-11-34(12-10-22)39(37,38)23-6-3-18(4-7-23)19-1-2-20-17-33(13-14-35)26(36)24(20)15-19/h1-8,15-16,22,35H,9-14,17H2,(H,31,32). The van der Waals surface area contributed by atoms with Crippen LogP contribution in [0.3, 0.4) is 0 Å². The Morgan fingerprint density at radius 1 is 1.00 bits per heavy atom. The zero-order valence-electron chi connectivity index (χ0n) is 20.9. The summed E-state index contributed by atoms with van der Waals surface area (Å²) in [5.74, 6) is 0.182. The average Bonchev–Trinajstić information content (AvgIpc) is 3.23. The van der Waals surface area contributed by atoms with Gasteiger partial charge in [-0.3, -0.25) is 4.79 Å². The van der Waals surface area contributed by atoms with Crippen molar-refractivity contribution in [1.29, 1.82) is 0 Å². The fourth-order valence-electron chi connectivity index (χ4n) is 4.91. The van der Waals surface area contributed by atoms with Gasteiger partial charge in [-0.05, 0) is 59.9 Å². The number of benzene rings is 2. The minimum atomic E-state index is -4.45. The van der Waals surface area contributed by atoms with Gasteiger partial charge in [-0.1, -0.05) is 24.3 Å². The molecule has 1 saturated heterocycles. The van der Waals surface area contributed by atoms with Crippen LogP contribution in [-0.2, 0) is 22.7 Å². The maximum absolute atomic E-state index is 13.2. The van der Waals surface area contributed by atoms with Gasteiger partial charge in [0.1, 0.15) is 5.82 Å². The SMILES string of the molecule is O=C1c2cc(-c3ccc(S(=O)(=O)N4CCC(Nc5ccc(C(F)(F)F)cn5)CC4)cc3)ccc2CN1CCO. The third-order valence-corrected chi connectivity index (χ3v) is 8.99. The number of carbonyl (C=O) groups is 1. The maximum Gasteiger partial charge on any atom is 0.417 e. The summed E-state index contributed by atoms with van der Waals surface area (Å²) < 4.78 is 66.1. The molecule has 0 bridgehead atoms. The minimum absolute atomic E-state index is 0.104. The number of hydrogen-bond donors (Lipinski definition) is 2. The van der Waals surface area contributed by atoms with Gasteiger partial charge in [-0.15, -0.1) is 0 Å². The largest absolute Gasteiger partial charge is 0.417 e. The van der Waals surface area contributed by atoms with Gasteiger partial charge >= 0.3 is 6.18 Å². The lowest BCUT2D eigenvalue weighted by molar-refractivity contribution is -0.137. The van der Waals surface area contributed by atoms with Crippen molar-refractivity contribution in [3.63, 3.8) is 0 Å². The number of rotatable bonds is 7. The number of fused-ring (bicyclic) bond motifs is 1. The summed E-state index contributed by atoms with van der Waals surface area (Å²) in [4.78, 5) is 18.2. The van der Waals surface area contributed by atoms with Crippen LogP contribution in [0.15, 0.2) is 65.7 Å². The lowest BCUT2D eigenvalue weighted by Crippen LogP contribution is -2.42. The van der Waals surface area contributed by atoms with E-state index in [2.05, 4.69) is 10.3 Å². The molecule has 0 unspecified atom stereocenters. The quantitative estimate of drug-likeness (QED) is 0.453. The van der Waals surface area contributed by atoms with Crippen LogP contribution in [0.25, 0.3) is 11.1 Å². The fourth-order valence-corrected chi connectivity index (χ4v) is 6.38. The van der Waals surface area contributed by atoms with Crippen LogP contribution in [0.5, 0.6) is 0 Å². The minimum Gasteiger partial charge on any atom is -0.395 e. The van der Waals surface area contributed by atoms with Crippen LogP contribution in [-0.4, -0.2) is 65.9 Å². The highest BCUT2D eigenvalue weighted by Gasteiger charge is 2.32. The number of β-amino-alcohol motifs (C(OH)–C–C–N with tert-alkyl or cyclic N) is 1. The highest BCUT2D eigenvalue weighted by atomic mass is 32.2. The molecule has 0 atom stereocenters. The number of anilines is 1. The first-order valence-electron chi connectivity index (χ1n) is 12.5. The molecule has 1 aromatic heterocycles. The molecule has 3 aromatic rings. The zero-order chi connectivity index (χ0) is 27.8. The number of nitrogens with one attached hydrogen (secondary N) is 1. The number of amides is 1. The Labute approximate surface area is 224 Å². The first-order valence-corrected chi connectivity index (χ1v) is 13.9. The molecule has 206 valence electrons. The van der Waals surface area contributed by atoms with Crippen LogP contribution >= 0.6 is 0 Å². The van der Waals surface area contributed by atoms with Crippen molar-refractivity contribution in [3.8, 4) is 11.1 Å². The highest BCUT2D eigenvalue weighted by Crippen LogP contribution is 2.31. The summed E-state index contributed by atoms with van der Waals surface area (Å²) in [6.45, 7) is 1.15. The lowest BCUT2D eigenvalue weighted by atomic mass is 10.0. The third kappa shape index (κ3) is 5.63. The molecule has 1 fully saturated rings. The molecular formula is C27H27F3N4O4S. The molecule has 2 aromatic carbocycles. The summed E-state index contributed by atoms with van der Waals surface area (Å²) in [6.07, 6.45) is -2.71. The number of nitrogens with zero attached hydrogens (tertiary/aromatic N) is 3. The fraction of sp³-hybridized carbons (Fsp3) is 0.333. The molecule has 39 heavy (non-hydrogen) atoms. The smallest absolute Gasteiger partial charge is 0.395 e. The number of aliphatic hydroxyl groups excluding tert-OH is 1. The van der Waals surface area contributed by atoms with E-state index in [-0.39, 0.29) is 43.1 Å². The van der Waals surface area contributed by atoms with Crippen molar-refractivity contribution in [2.75, 3.05) is 31.6 Å². The number of aliphatic hydroxyl groups is 1. The van der Waals surface area contributed by atoms with Crippen LogP contribution < -0.4 is 5.32 Å². The van der Waals surface area contributed by atoms with E-state index in [4.69, 9.17) is 5.11 Å². The van der Waals surface area contributed by atoms with E-state index in [1.807, 2.05) is 12.1 Å². The van der Waals surface area contributed by atoms with E-state index >= 15 is 0 Å². The van der Waals surface area contributed by atoms with Crippen molar-refractivity contribution in [2.45, 2.75) is 36.5 Å². The molecule has 1 amide bonds. The molecule has 8 nitrogen and oxygen atoms in total. The van der Waals surface area contributed by atoms with Crippen LogP contribution in [0.2, 0.25) is 0 Å². The molecule has 12 heteroatoms. The monoisotopic (exact) mass is 560 g/mol. The first-order chi connectivity index (χ1) is 18.6. The van der Waals surface area contributed by atoms with E-state index in [0.717, 1.165) is 29.0 Å². The summed E-state index contributed by atoms with van der Waals surface area (Å²) in [5.41, 5.74) is 2.22. The Morgan fingerprint density at radius 2 is 1.69 bits per heavy atom. The lowest BCUT2D eigenvalue weighted by Gasteiger charge is -2.32. The molecule has 0 radical (unpaired) electrons. The van der Waals surface area contributed by atoms with E-state index in [1.54, 1.807) is 35.2 Å². The second kappa shape index (κ2) is 10.6. The predicted octanol–water partition coefficient (Wildman–Crippen LogP) is 3.98. The zero-order valence-corrected chi connectivity index (χ0v) is 21.7. The summed E-state index contributed by atoms with van der Waals surface area (Å²) in [6, 6.07) is 14.2. The molecule has 2 aliphatic heterocycles. The van der Waals surface area contributed by atoms with E-state index in [9.17, 15) is 26.4 Å². The van der Waals surface area contributed by atoms with Gasteiger partial charge in [0, 0.05) is 44.0 Å². The van der Waals surface area contributed by atoms with Gasteiger partial charge in [0.2, 0.25) is 10.0 Å². The number of pyridine rings is 1. The van der Waals surface area contributed by atoms with Gasteiger partial charge in [-0.2, -0.15) is 17.5 Å². The maximum atomic E-state index is 13.2. The van der Waals surface area contributed by atoms with Crippen molar-refractivity contribution in [3.05, 3.63) is 77.5 Å². The van der Waals surface area contributed by atoms with Crippen molar-refractivity contribution < 1.29 is 31.5 Å². The number of aromatic nitrogens is 1. The Bertz CT molecular complexity index is 1450. The topological polar surface area (TPSA) is 103 Å². The van der Waals surface area contributed by atoms with E-state index in [0.29, 0.717) is 30.8 Å². The first kappa shape index (κ1) is 27.1. The van der Waals surface area contributed by atoms with Crippen LogP contribution in [0.4, 0.5) is 19.0 Å². The molecule has 0 saturated carbocycles. The number of halogens is 3. The Hall–Kier alpha value is -3.48.